The molecule has 2 heterocycles. The first-order valence-corrected chi connectivity index (χ1v) is 10.7. The van der Waals surface area contributed by atoms with Gasteiger partial charge in [-0.1, -0.05) is 12.1 Å². The van der Waals surface area contributed by atoms with Crippen LogP contribution in [0.1, 0.15) is 33.7 Å². The Labute approximate surface area is 199 Å². The summed E-state index contributed by atoms with van der Waals surface area (Å²) in [5.74, 6) is -0.810. The van der Waals surface area contributed by atoms with E-state index in [1.165, 1.54) is 13.2 Å². The van der Waals surface area contributed by atoms with Crippen LogP contribution in [0.3, 0.4) is 0 Å². The second-order valence-corrected chi connectivity index (χ2v) is 8.20. The lowest BCUT2D eigenvalue weighted by Crippen LogP contribution is -2.37. The Morgan fingerprint density at radius 3 is 2.23 bits per heavy atom. The second kappa shape index (κ2) is 8.57. The van der Waals surface area contributed by atoms with Crippen LogP contribution in [0, 0.1) is 0 Å². The minimum Gasteiger partial charge on any atom is -0.504 e. The largest absolute Gasteiger partial charge is 0.504 e. The minimum absolute atomic E-state index is 0.0184. The number of ketones is 1. The van der Waals surface area contributed by atoms with Crippen LogP contribution < -0.4 is 18.9 Å². The van der Waals surface area contributed by atoms with E-state index in [-0.39, 0.29) is 35.2 Å². The van der Waals surface area contributed by atoms with Crippen molar-refractivity contribution in [3.63, 3.8) is 0 Å². The first-order chi connectivity index (χ1) is 16.8. The molecule has 0 saturated heterocycles. The molecular weight excluding hydrogens is 460 g/mol. The summed E-state index contributed by atoms with van der Waals surface area (Å²) in [7, 11) is 1.41. The number of hydrogen-bond donors (Lipinski definition) is 5. The minimum atomic E-state index is -1.57. The summed E-state index contributed by atoms with van der Waals surface area (Å²) in [5, 5.41) is 49.9. The maximum Gasteiger partial charge on any atom is 0.199 e. The number of methoxy groups -OCH3 is 1. The molecule has 0 amide bonds. The van der Waals surface area contributed by atoms with E-state index in [1.54, 1.807) is 30.3 Å². The van der Waals surface area contributed by atoms with Gasteiger partial charge >= 0.3 is 0 Å². The molecule has 5 N–H and O–H groups in total. The van der Waals surface area contributed by atoms with Gasteiger partial charge < -0.3 is 44.5 Å². The number of aliphatic hydroxyl groups excluding tert-OH is 2. The summed E-state index contributed by atoms with van der Waals surface area (Å²) >= 11 is 0. The van der Waals surface area contributed by atoms with Gasteiger partial charge in [0.2, 0.25) is 0 Å². The molecule has 5 rings (SSSR count). The molecule has 0 fully saturated rings. The van der Waals surface area contributed by atoms with Gasteiger partial charge in [0, 0.05) is 11.6 Å². The molecule has 3 aromatic rings. The lowest BCUT2D eigenvalue weighted by atomic mass is 9.93. The Balaban J connectivity index is 1.49. The number of carbonyl (C=O) groups excluding carboxylic acids is 1. The number of aliphatic hydroxyl groups is 2. The average molecular weight is 482 g/mol. The van der Waals surface area contributed by atoms with Gasteiger partial charge in [-0.05, 0) is 35.9 Å². The van der Waals surface area contributed by atoms with Crippen molar-refractivity contribution in [3.8, 4) is 40.2 Å². The quantitative estimate of drug-likeness (QED) is 0.350. The fourth-order valence-corrected chi connectivity index (χ4v) is 4.21. The highest BCUT2D eigenvalue weighted by molar-refractivity contribution is 6.03. The first kappa shape index (κ1) is 22.6. The summed E-state index contributed by atoms with van der Waals surface area (Å²) in [6.07, 6.45) is -4.19. The normalized spacial score (nSPS) is 22.8. The molecule has 35 heavy (non-hydrogen) atoms. The number of aromatic hydroxyl groups is 3. The van der Waals surface area contributed by atoms with Crippen molar-refractivity contribution >= 4 is 5.78 Å². The fourth-order valence-electron chi connectivity index (χ4n) is 4.21. The van der Waals surface area contributed by atoms with Gasteiger partial charge in [-0.2, -0.15) is 0 Å². The Morgan fingerprint density at radius 2 is 1.49 bits per heavy atom. The Kier molecular flexibility index (Phi) is 5.54. The number of carbonyl (C=O) groups is 1. The van der Waals surface area contributed by atoms with E-state index in [9.17, 15) is 30.3 Å². The monoisotopic (exact) mass is 482 g/mol. The first-order valence-electron chi connectivity index (χ1n) is 10.7. The molecule has 0 spiro atoms. The Morgan fingerprint density at radius 1 is 0.800 bits per heavy atom. The predicted octanol–water partition coefficient (Wildman–Crippen LogP) is 2.36. The van der Waals surface area contributed by atoms with Gasteiger partial charge in [0.15, 0.2) is 64.7 Å². The molecule has 10 nitrogen and oxygen atoms in total. The fraction of sp³-hybridized carbons (Fsp3) is 0.240. The van der Waals surface area contributed by atoms with Gasteiger partial charge in [0.25, 0.3) is 0 Å². The zero-order valence-corrected chi connectivity index (χ0v) is 18.4. The van der Waals surface area contributed by atoms with Crippen LogP contribution in [0.2, 0.25) is 0 Å². The number of phenols is 3. The van der Waals surface area contributed by atoms with E-state index in [0.29, 0.717) is 16.9 Å². The van der Waals surface area contributed by atoms with Gasteiger partial charge in [0.1, 0.15) is 5.75 Å². The molecule has 0 aliphatic carbocycles. The smallest absolute Gasteiger partial charge is 0.199 e. The molecule has 0 bridgehead atoms. The topological polar surface area (TPSA) is 155 Å². The van der Waals surface area contributed by atoms with Gasteiger partial charge in [-0.15, -0.1) is 0 Å². The standard InChI is InChI=1S/C25H22O10/c1-32-19-6-11(2-4-14(19)27)24-21(10-26)33-17-5-3-12(7-20(17)35-24)25-23(31)22(30)13-8-15(28)16(29)9-18(13)34-25/h2-9,21,23-29,31H,10H2,1H3/t21-,23+,24-,25-/m1/s1. The molecule has 0 radical (unpaired) electrons. The maximum atomic E-state index is 12.7. The summed E-state index contributed by atoms with van der Waals surface area (Å²) in [6, 6.07) is 11.5. The second-order valence-electron chi connectivity index (χ2n) is 8.20. The molecule has 2 aliphatic heterocycles. The third kappa shape index (κ3) is 3.82. The summed E-state index contributed by atoms with van der Waals surface area (Å²) in [6.45, 7) is -0.346. The van der Waals surface area contributed by atoms with Crippen LogP contribution in [0.25, 0.3) is 0 Å². The van der Waals surface area contributed by atoms with Crippen LogP contribution >= 0.6 is 0 Å². The van der Waals surface area contributed by atoms with Gasteiger partial charge in [-0.3, -0.25) is 4.79 Å². The van der Waals surface area contributed by atoms with Crippen molar-refractivity contribution in [2.45, 2.75) is 24.4 Å². The van der Waals surface area contributed by atoms with Crippen molar-refractivity contribution in [3.05, 3.63) is 65.2 Å². The molecule has 3 aromatic carbocycles. The Bertz CT molecular complexity index is 1300. The van der Waals surface area contributed by atoms with E-state index in [2.05, 4.69) is 0 Å². The summed E-state index contributed by atoms with van der Waals surface area (Å²) < 4.78 is 23.0. The third-order valence-electron chi connectivity index (χ3n) is 6.03. The molecule has 0 aromatic heterocycles. The van der Waals surface area contributed by atoms with E-state index in [0.717, 1.165) is 12.1 Å². The lowest BCUT2D eigenvalue weighted by Gasteiger charge is -2.35. The van der Waals surface area contributed by atoms with Gasteiger partial charge in [0.05, 0.1) is 19.3 Å². The van der Waals surface area contributed by atoms with E-state index in [4.69, 9.17) is 18.9 Å². The zero-order chi connectivity index (χ0) is 24.9. The lowest BCUT2D eigenvalue weighted by molar-refractivity contribution is -0.0130. The molecule has 0 unspecified atom stereocenters. The van der Waals surface area contributed by atoms with Crippen LogP contribution in [-0.4, -0.2) is 57.2 Å². The predicted molar refractivity (Wildman–Crippen MR) is 119 cm³/mol. The number of Topliss-reactive ketones (excluding diaryl/α,β-unsaturated/α-hetero) is 1. The van der Waals surface area contributed by atoms with Crippen molar-refractivity contribution in [1.82, 2.24) is 0 Å². The highest BCUT2D eigenvalue weighted by Crippen LogP contribution is 2.45. The number of fused-ring (bicyclic) bond motifs is 2. The molecule has 4 atom stereocenters. The number of benzene rings is 3. The molecular formula is C25H22O10. The number of phenolic OH excluding ortho intramolecular Hbond substituents is 3. The van der Waals surface area contributed by atoms with Gasteiger partial charge in [-0.25, -0.2) is 0 Å². The third-order valence-corrected chi connectivity index (χ3v) is 6.03. The maximum absolute atomic E-state index is 12.7. The molecule has 10 heteroatoms. The van der Waals surface area contributed by atoms with E-state index >= 15 is 0 Å². The van der Waals surface area contributed by atoms with Crippen molar-refractivity contribution in [1.29, 1.82) is 0 Å². The number of rotatable bonds is 4. The van der Waals surface area contributed by atoms with Crippen LogP contribution in [0.4, 0.5) is 0 Å². The van der Waals surface area contributed by atoms with Crippen molar-refractivity contribution in [2.24, 2.45) is 0 Å². The SMILES string of the molecule is COc1cc([C@H]2Oc3cc([C@H]4Oc5cc(O)c(O)cc5C(=O)[C@@H]4O)ccc3O[C@@H]2CO)ccc1O. The summed E-state index contributed by atoms with van der Waals surface area (Å²) in [4.78, 5) is 12.7. The number of ether oxygens (including phenoxy) is 4. The molecule has 2 aliphatic rings. The average Bonchev–Trinajstić information content (AvgIpc) is 2.86. The molecule has 0 saturated carbocycles. The van der Waals surface area contributed by atoms with Crippen LogP contribution in [-0.2, 0) is 0 Å². The molecule has 182 valence electrons. The van der Waals surface area contributed by atoms with Crippen LogP contribution in [0.5, 0.6) is 40.2 Å². The highest BCUT2D eigenvalue weighted by Gasteiger charge is 2.39. The van der Waals surface area contributed by atoms with Crippen molar-refractivity contribution < 1.29 is 49.3 Å². The number of hydrogen-bond acceptors (Lipinski definition) is 10. The highest BCUT2D eigenvalue weighted by atomic mass is 16.6. The van der Waals surface area contributed by atoms with Crippen molar-refractivity contribution in [2.75, 3.05) is 13.7 Å². The van der Waals surface area contributed by atoms with Crippen LogP contribution in [0.15, 0.2) is 48.5 Å². The van der Waals surface area contributed by atoms with E-state index < -0.39 is 41.7 Å². The zero-order valence-electron chi connectivity index (χ0n) is 18.4. The van der Waals surface area contributed by atoms with E-state index in [1.807, 2.05) is 0 Å². The Hall–Kier alpha value is -4.15. The summed E-state index contributed by atoms with van der Waals surface area (Å²) in [5.41, 5.74) is 0.938.